The van der Waals surface area contributed by atoms with Gasteiger partial charge in [-0.2, -0.15) is 0 Å². The van der Waals surface area contributed by atoms with E-state index in [-0.39, 0.29) is 6.10 Å². The number of pyridine rings is 1. The van der Waals surface area contributed by atoms with Gasteiger partial charge < -0.3 is 25.8 Å². The molecular weight excluding hydrogens is 392 g/mol. The first-order chi connectivity index (χ1) is 15.1. The number of methoxy groups -OCH3 is 1. The molecule has 7 heteroatoms. The minimum Gasteiger partial charge on any atom is -0.493 e. The van der Waals surface area contributed by atoms with Crippen LogP contribution in [0.1, 0.15) is 35.7 Å². The molecule has 1 fully saturated rings. The highest BCUT2D eigenvalue weighted by molar-refractivity contribution is 6.08. The number of ether oxygens (including phenoxy) is 2. The molecule has 0 saturated carbocycles. The van der Waals surface area contributed by atoms with E-state index in [4.69, 9.17) is 15.2 Å². The molecule has 0 aliphatic carbocycles. The minimum atomic E-state index is -0.539. The Morgan fingerprint density at radius 2 is 2.00 bits per heavy atom. The number of para-hydroxylation sites is 1. The van der Waals surface area contributed by atoms with E-state index >= 15 is 0 Å². The summed E-state index contributed by atoms with van der Waals surface area (Å²) in [6.45, 7) is 3.94. The first-order valence-corrected chi connectivity index (χ1v) is 10.6. The first kappa shape index (κ1) is 20.9. The van der Waals surface area contributed by atoms with Gasteiger partial charge in [0.15, 0.2) is 11.5 Å². The number of aromatic nitrogens is 1. The molecule has 1 aromatic heterocycles. The molecule has 0 unspecified atom stereocenters. The van der Waals surface area contributed by atoms with Crippen molar-refractivity contribution in [3.05, 3.63) is 53.7 Å². The predicted octanol–water partition coefficient (Wildman–Crippen LogP) is 3.78. The Morgan fingerprint density at radius 3 is 2.71 bits per heavy atom. The summed E-state index contributed by atoms with van der Waals surface area (Å²) < 4.78 is 11.9. The molecule has 0 radical (unpaired) electrons. The average Bonchev–Trinajstić information content (AvgIpc) is 2.79. The van der Waals surface area contributed by atoms with Crippen molar-refractivity contribution in [2.24, 2.45) is 5.73 Å². The number of amides is 1. The van der Waals surface area contributed by atoms with E-state index in [0.29, 0.717) is 28.3 Å². The van der Waals surface area contributed by atoms with Gasteiger partial charge in [0.25, 0.3) is 5.91 Å². The Hall–Kier alpha value is -3.32. The minimum absolute atomic E-state index is 0.108. The third kappa shape index (κ3) is 4.41. The van der Waals surface area contributed by atoms with Crippen LogP contribution in [0.4, 0.5) is 11.4 Å². The molecule has 1 aliphatic rings. The van der Waals surface area contributed by atoms with Gasteiger partial charge in [0.2, 0.25) is 0 Å². The first-order valence-electron chi connectivity index (χ1n) is 10.6. The number of hydrogen-bond acceptors (Lipinski definition) is 6. The van der Waals surface area contributed by atoms with Gasteiger partial charge in [0.05, 0.1) is 23.9 Å². The molecule has 1 amide bonds. The topological polar surface area (TPSA) is 98.5 Å². The highest BCUT2D eigenvalue weighted by Gasteiger charge is 2.20. The van der Waals surface area contributed by atoms with Crippen LogP contribution in [0.5, 0.6) is 11.5 Å². The quantitative estimate of drug-likeness (QED) is 0.538. The van der Waals surface area contributed by atoms with Gasteiger partial charge in [-0.15, -0.1) is 0 Å². The van der Waals surface area contributed by atoms with Crippen LogP contribution in [0, 0.1) is 0 Å². The zero-order valence-electron chi connectivity index (χ0n) is 17.9. The fourth-order valence-electron chi connectivity index (χ4n) is 3.95. The molecule has 4 N–H and O–H groups in total. The van der Waals surface area contributed by atoms with Crippen LogP contribution >= 0.6 is 0 Å². The molecule has 2 aromatic carbocycles. The van der Waals surface area contributed by atoms with Gasteiger partial charge in [0, 0.05) is 23.3 Å². The van der Waals surface area contributed by atoms with Gasteiger partial charge in [-0.3, -0.25) is 9.78 Å². The van der Waals surface area contributed by atoms with E-state index < -0.39 is 5.91 Å². The molecule has 0 spiro atoms. The molecule has 0 bridgehead atoms. The summed E-state index contributed by atoms with van der Waals surface area (Å²) in [6, 6.07) is 11.7. The molecule has 0 atom stereocenters. The predicted molar refractivity (Wildman–Crippen MR) is 122 cm³/mol. The van der Waals surface area contributed by atoms with E-state index in [9.17, 15) is 4.79 Å². The number of aryl methyl sites for hydroxylation is 1. The molecule has 1 saturated heterocycles. The number of hydrogen-bond donors (Lipinski definition) is 3. The van der Waals surface area contributed by atoms with Crippen molar-refractivity contribution in [1.82, 2.24) is 10.3 Å². The number of carbonyl (C=O) groups excluding carboxylic acids is 1. The lowest BCUT2D eigenvalue weighted by Crippen LogP contribution is -2.34. The van der Waals surface area contributed by atoms with Gasteiger partial charge in [0.1, 0.15) is 6.10 Å². The third-order valence-corrected chi connectivity index (χ3v) is 5.66. The summed E-state index contributed by atoms with van der Waals surface area (Å²) in [5.41, 5.74) is 9.40. The lowest BCUT2D eigenvalue weighted by Gasteiger charge is -2.25. The molecular formula is C24H28N4O3. The second kappa shape index (κ2) is 9.22. The maximum atomic E-state index is 12.2. The van der Waals surface area contributed by atoms with Crippen LogP contribution in [0.15, 0.2) is 42.6 Å². The fraction of sp³-hybridized carbons (Fsp3) is 0.333. The summed E-state index contributed by atoms with van der Waals surface area (Å²) in [7, 11) is 1.62. The fourth-order valence-corrected chi connectivity index (χ4v) is 3.95. The zero-order chi connectivity index (χ0) is 21.8. The number of fused-ring (bicyclic) bond motifs is 1. The molecule has 4 rings (SSSR count). The molecule has 31 heavy (non-hydrogen) atoms. The van der Waals surface area contributed by atoms with E-state index in [2.05, 4.69) is 28.6 Å². The normalized spacial score (nSPS) is 14.4. The highest BCUT2D eigenvalue weighted by Crippen LogP contribution is 2.38. The Balaban J connectivity index is 1.84. The Morgan fingerprint density at radius 1 is 1.23 bits per heavy atom. The maximum absolute atomic E-state index is 12.2. The molecule has 2 heterocycles. The van der Waals surface area contributed by atoms with Crippen molar-refractivity contribution in [2.75, 3.05) is 25.5 Å². The Bertz CT molecular complexity index is 1090. The van der Waals surface area contributed by atoms with Crippen LogP contribution in [-0.4, -0.2) is 37.2 Å². The number of primary amides is 1. The van der Waals surface area contributed by atoms with Gasteiger partial charge in [-0.25, -0.2) is 0 Å². The second-order valence-electron chi connectivity index (χ2n) is 7.63. The van der Waals surface area contributed by atoms with Crippen LogP contribution in [0.25, 0.3) is 10.9 Å². The Labute approximate surface area is 181 Å². The van der Waals surface area contributed by atoms with Gasteiger partial charge >= 0.3 is 0 Å². The maximum Gasteiger partial charge on any atom is 0.252 e. The van der Waals surface area contributed by atoms with E-state index in [0.717, 1.165) is 49.0 Å². The largest absolute Gasteiger partial charge is 0.493 e. The van der Waals surface area contributed by atoms with E-state index in [1.807, 2.05) is 30.3 Å². The summed E-state index contributed by atoms with van der Waals surface area (Å²) in [6.07, 6.45) is 4.33. The summed E-state index contributed by atoms with van der Waals surface area (Å²) in [5, 5.41) is 7.54. The standard InChI is InChI=1S/C24H28N4O3/c1-3-15-6-4-5-7-19(15)28-23-17-12-22(31-16-8-10-26-11-9-16)21(30-2)13-20(17)27-14-18(23)24(25)29/h4-7,12-14,16,26H,3,8-11H2,1-2H3,(H2,25,29)(H,27,28). The highest BCUT2D eigenvalue weighted by atomic mass is 16.5. The number of benzene rings is 2. The number of carbonyl (C=O) groups is 1. The van der Waals surface area contributed by atoms with Crippen molar-refractivity contribution < 1.29 is 14.3 Å². The summed E-state index contributed by atoms with van der Waals surface area (Å²) in [5.74, 6) is 0.713. The van der Waals surface area contributed by atoms with Gasteiger partial charge in [-0.05, 0) is 50.0 Å². The molecule has 7 nitrogen and oxygen atoms in total. The monoisotopic (exact) mass is 420 g/mol. The summed E-state index contributed by atoms with van der Waals surface area (Å²) in [4.78, 5) is 16.7. The van der Waals surface area contributed by atoms with E-state index in [1.165, 1.54) is 6.20 Å². The van der Waals surface area contributed by atoms with Crippen LogP contribution in [-0.2, 0) is 6.42 Å². The van der Waals surface area contributed by atoms with Crippen LogP contribution in [0.2, 0.25) is 0 Å². The van der Waals surface area contributed by atoms with E-state index in [1.54, 1.807) is 7.11 Å². The second-order valence-corrected chi connectivity index (χ2v) is 7.63. The zero-order valence-corrected chi connectivity index (χ0v) is 17.9. The Kier molecular flexibility index (Phi) is 6.23. The van der Waals surface area contributed by atoms with Crippen molar-refractivity contribution >= 4 is 28.2 Å². The lowest BCUT2D eigenvalue weighted by atomic mass is 10.1. The lowest BCUT2D eigenvalue weighted by molar-refractivity contribution is 0.100. The van der Waals surface area contributed by atoms with Crippen LogP contribution in [0.3, 0.4) is 0 Å². The smallest absolute Gasteiger partial charge is 0.252 e. The molecule has 3 aromatic rings. The van der Waals surface area contributed by atoms with Crippen molar-refractivity contribution in [1.29, 1.82) is 0 Å². The van der Waals surface area contributed by atoms with Crippen molar-refractivity contribution in [2.45, 2.75) is 32.3 Å². The molecule has 1 aliphatic heterocycles. The number of nitrogens with two attached hydrogens (primary N) is 1. The van der Waals surface area contributed by atoms with Crippen molar-refractivity contribution in [3.8, 4) is 11.5 Å². The summed E-state index contributed by atoms with van der Waals surface area (Å²) >= 11 is 0. The number of nitrogens with one attached hydrogen (secondary N) is 2. The van der Waals surface area contributed by atoms with Crippen molar-refractivity contribution in [3.63, 3.8) is 0 Å². The number of piperidine rings is 1. The SMILES string of the molecule is CCc1ccccc1Nc1c(C(N)=O)cnc2cc(OC)c(OC3CCNCC3)cc12. The third-order valence-electron chi connectivity index (χ3n) is 5.66. The number of nitrogens with zero attached hydrogens (tertiary/aromatic N) is 1. The molecule has 162 valence electrons. The number of anilines is 2. The van der Waals surface area contributed by atoms with Crippen LogP contribution < -0.4 is 25.8 Å². The number of rotatable bonds is 7. The average molecular weight is 421 g/mol. The van der Waals surface area contributed by atoms with Gasteiger partial charge in [-0.1, -0.05) is 25.1 Å².